The Balaban J connectivity index is 2.65. The third-order valence-electron chi connectivity index (χ3n) is 3.66. The fraction of sp³-hybridized carbons (Fsp3) is 0.923. The van der Waals surface area contributed by atoms with Gasteiger partial charge in [0.2, 0.25) is 5.91 Å². The Kier molecular flexibility index (Phi) is 5.40. The maximum Gasteiger partial charge on any atom is 0.241 e. The molecule has 0 aromatic carbocycles. The number of rotatable bonds is 6. The van der Waals surface area contributed by atoms with Crippen molar-refractivity contribution < 1.29 is 4.79 Å². The monoisotopic (exact) mass is 241 g/mol. The SMILES string of the molecule is CCCC1NC(CC)N(CC(C)N(C)C)C1=O. The van der Waals surface area contributed by atoms with Gasteiger partial charge in [-0.1, -0.05) is 20.3 Å². The summed E-state index contributed by atoms with van der Waals surface area (Å²) in [5, 5.41) is 3.44. The molecular formula is C13H27N3O. The maximum absolute atomic E-state index is 12.3. The van der Waals surface area contributed by atoms with E-state index in [2.05, 4.69) is 45.1 Å². The van der Waals surface area contributed by atoms with Gasteiger partial charge in [0, 0.05) is 12.6 Å². The van der Waals surface area contributed by atoms with Crippen LogP contribution >= 0.6 is 0 Å². The van der Waals surface area contributed by atoms with E-state index in [9.17, 15) is 4.79 Å². The van der Waals surface area contributed by atoms with E-state index < -0.39 is 0 Å². The standard InChI is InChI=1S/C13H27N3O/c1-6-8-11-13(17)16(12(7-2)14-11)9-10(3)15(4)5/h10-12,14H,6-9H2,1-5H3. The minimum Gasteiger partial charge on any atom is -0.324 e. The number of carbonyl (C=O) groups excluding carboxylic acids is 1. The zero-order valence-corrected chi connectivity index (χ0v) is 11.9. The lowest BCUT2D eigenvalue weighted by Crippen LogP contribution is -2.44. The van der Waals surface area contributed by atoms with Crippen molar-refractivity contribution >= 4 is 5.91 Å². The number of hydrogen-bond donors (Lipinski definition) is 1. The van der Waals surface area contributed by atoms with Gasteiger partial charge in [-0.15, -0.1) is 0 Å². The van der Waals surface area contributed by atoms with Crippen LogP contribution in [0, 0.1) is 0 Å². The Morgan fingerprint density at radius 3 is 2.53 bits per heavy atom. The molecule has 1 heterocycles. The molecular weight excluding hydrogens is 214 g/mol. The van der Waals surface area contributed by atoms with Gasteiger partial charge in [0.15, 0.2) is 0 Å². The number of likely N-dealkylation sites (N-methyl/N-ethyl adjacent to an activating group) is 1. The van der Waals surface area contributed by atoms with Gasteiger partial charge in [-0.3, -0.25) is 10.1 Å². The zero-order chi connectivity index (χ0) is 13.0. The summed E-state index contributed by atoms with van der Waals surface area (Å²) in [5.74, 6) is 0.285. The van der Waals surface area contributed by atoms with Crippen LogP contribution in [-0.2, 0) is 4.79 Å². The molecule has 1 amide bonds. The first-order chi connectivity index (χ1) is 8.01. The van der Waals surface area contributed by atoms with E-state index in [1.54, 1.807) is 0 Å². The molecule has 1 saturated heterocycles. The summed E-state index contributed by atoms with van der Waals surface area (Å²) in [6.07, 6.45) is 3.20. The predicted molar refractivity (Wildman–Crippen MR) is 70.8 cm³/mol. The fourth-order valence-electron chi connectivity index (χ4n) is 2.25. The lowest BCUT2D eigenvalue weighted by atomic mass is 10.1. The molecule has 17 heavy (non-hydrogen) atoms. The normalized spacial score (nSPS) is 26.9. The first-order valence-electron chi connectivity index (χ1n) is 6.74. The van der Waals surface area contributed by atoms with Crippen molar-refractivity contribution in [3.05, 3.63) is 0 Å². The number of hydrogen-bond acceptors (Lipinski definition) is 3. The van der Waals surface area contributed by atoms with Crippen molar-refractivity contribution in [1.82, 2.24) is 15.1 Å². The van der Waals surface area contributed by atoms with Crippen LogP contribution < -0.4 is 5.32 Å². The largest absolute Gasteiger partial charge is 0.324 e. The summed E-state index contributed by atoms with van der Waals surface area (Å²) in [7, 11) is 4.12. The molecule has 0 bridgehead atoms. The summed E-state index contributed by atoms with van der Waals surface area (Å²) in [6.45, 7) is 7.23. The van der Waals surface area contributed by atoms with Gasteiger partial charge in [0.25, 0.3) is 0 Å². The van der Waals surface area contributed by atoms with E-state index in [0.29, 0.717) is 6.04 Å². The Morgan fingerprint density at radius 2 is 2.06 bits per heavy atom. The first kappa shape index (κ1) is 14.5. The summed E-state index contributed by atoms with van der Waals surface area (Å²) >= 11 is 0. The van der Waals surface area contributed by atoms with Crippen LogP contribution in [0.1, 0.15) is 40.0 Å². The fourth-order valence-corrected chi connectivity index (χ4v) is 2.25. The van der Waals surface area contributed by atoms with Gasteiger partial charge >= 0.3 is 0 Å². The molecule has 3 atom stereocenters. The highest BCUT2D eigenvalue weighted by Gasteiger charge is 2.37. The smallest absolute Gasteiger partial charge is 0.241 e. The van der Waals surface area contributed by atoms with Gasteiger partial charge in [0.1, 0.15) is 0 Å². The molecule has 1 N–H and O–H groups in total. The van der Waals surface area contributed by atoms with Gasteiger partial charge in [-0.05, 0) is 33.9 Å². The van der Waals surface area contributed by atoms with E-state index in [1.807, 2.05) is 4.90 Å². The molecule has 1 aliphatic heterocycles. The van der Waals surface area contributed by atoms with Crippen LogP contribution in [0.2, 0.25) is 0 Å². The third-order valence-corrected chi connectivity index (χ3v) is 3.66. The van der Waals surface area contributed by atoms with Crippen molar-refractivity contribution in [1.29, 1.82) is 0 Å². The predicted octanol–water partition coefficient (Wildman–Crippen LogP) is 1.27. The number of nitrogens with one attached hydrogen (secondary N) is 1. The van der Waals surface area contributed by atoms with Crippen molar-refractivity contribution in [3.63, 3.8) is 0 Å². The Bertz CT molecular complexity index is 255. The molecule has 4 heteroatoms. The van der Waals surface area contributed by atoms with Gasteiger partial charge in [0.05, 0.1) is 12.2 Å². The molecule has 3 unspecified atom stereocenters. The molecule has 4 nitrogen and oxygen atoms in total. The quantitative estimate of drug-likeness (QED) is 0.761. The number of nitrogens with zero attached hydrogens (tertiary/aromatic N) is 2. The molecule has 1 fully saturated rings. The van der Waals surface area contributed by atoms with Crippen molar-refractivity contribution in [2.75, 3.05) is 20.6 Å². The Hall–Kier alpha value is -0.610. The lowest BCUT2D eigenvalue weighted by Gasteiger charge is -2.29. The highest BCUT2D eigenvalue weighted by molar-refractivity contribution is 5.84. The highest BCUT2D eigenvalue weighted by Crippen LogP contribution is 2.17. The molecule has 0 aromatic heterocycles. The topological polar surface area (TPSA) is 35.6 Å². The average molecular weight is 241 g/mol. The maximum atomic E-state index is 12.3. The molecule has 0 spiro atoms. The van der Waals surface area contributed by atoms with Gasteiger partial charge in [-0.2, -0.15) is 0 Å². The average Bonchev–Trinajstić information content (AvgIpc) is 2.57. The summed E-state index contributed by atoms with van der Waals surface area (Å²) < 4.78 is 0. The van der Waals surface area contributed by atoms with E-state index in [-0.39, 0.29) is 18.1 Å². The van der Waals surface area contributed by atoms with Gasteiger partial charge < -0.3 is 9.80 Å². The number of carbonyl (C=O) groups is 1. The summed E-state index contributed by atoms with van der Waals surface area (Å²) in [6, 6.07) is 0.439. The molecule has 0 aliphatic carbocycles. The minimum absolute atomic E-state index is 0.0410. The van der Waals surface area contributed by atoms with Crippen LogP contribution in [-0.4, -0.2) is 54.6 Å². The Morgan fingerprint density at radius 1 is 1.41 bits per heavy atom. The second-order valence-electron chi connectivity index (χ2n) is 5.24. The minimum atomic E-state index is 0.0410. The third kappa shape index (κ3) is 3.42. The first-order valence-corrected chi connectivity index (χ1v) is 6.74. The van der Waals surface area contributed by atoms with Crippen LogP contribution in [0.25, 0.3) is 0 Å². The zero-order valence-electron chi connectivity index (χ0n) is 11.9. The summed E-state index contributed by atoms with van der Waals surface area (Å²) in [5.41, 5.74) is 0. The van der Waals surface area contributed by atoms with Crippen molar-refractivity contribution in [3.8, 4) is 0 Å². The molecule has 100 valence electrons. The van der Waals surface area contributed by atoms with E-state index in [0.717, 1.165) is 25.8 Å². The number of amides is 1. The molecule has 1 aliphatic rings. The second kappa shape index (κ2) is 6.36. The Labute approximate surface area is 105 Å². The summed E-state index contributed by atoms with van der Waals surface area (Å²) in [4.78, 5) is 16.4. The van der Waals surface area contributed by atoms with Crippen LogP contribution in [0.3, 0.4) is 0 Å². The van der Waals surface area contributed by atoms with Crippen LogP contribution in [0.5, 0.6) is 0 Å². The van der Waals surface area contributed by atoms with Crippen molar-refractivity contribution in [2.24, 2.45) is 0 Å². The van der Waals surface area contributed by atoms with Crippen molar-refractivity contribution in [2.45, 2.75) is 58.3 Å². The highest BCUT2D eigenvalue weighted by atomic mass is 16.2. The van der Waals surface area contributed by atoms with E-state index in [4.69, 9.17) is 0 Å². The van der Waals surface area contributed by atoms with Crippen LogP contribution in [0.15, 0.2) is 0 Å². The molecule has 1 rings (SSSR count). The van der Waals surface area contributed by atoms with Gasteiger partial charge in [-0.25, -0.2) is 0 Å². The molecule has 0 saturated carbocycles. The molecule has 0 radical (unpaired) electrons. The van der Waals surface area contributed by atoms with E-state index in [1.165, 1.54) is 0 Å². The molecule has 0 aromatic rings. The lowest BCUT2D eigenvalue weighted by molar-refractivity contribution is -0.130. The van der Waals surface area contributed by atoms with Crippen LogP contribution in [0.4, 0.5) is 0 Å². The van der Waals surface area contributed by atoms with E-state index >= 15 is 0 Å². The second-order valence-corrected chi connectivity index (χ2v) is 5.24.